The van der Waals surface area contributed by atoms with Crippen LogP contribution in [-0.4, -0.2) is 32.2 Å². The number of pyridine rings is 1. The van der Waals surface area contributed by atoms with Crippen molar-refractivity contribution in [2.75, 3.05) is 10.6 Å². The van der Waals surface area contributed by atoms with E-state index in [0.29, 0.717) is 19.0 Å². The molecule has 0 radical (unpaired) electrons. The molecule has 3 rings (SSSR count). The number of rotatable bonds is 5. The lowest BCUT2D eigenvalue weighted by Crippen LogP contribution is -2.35. The standard InChI is InChI=1S/C19H21F6N5O/c1-10-2-3-12(6-15(10)31)29-16-14(19(23,24)25)9-28-17(30-16)27-8-11-7-26-5-4-13(11)18(20,21)22/h4-5,7,9-10,12,15,31H,2-3,6,8H2,1H3,(H2,27,28,29,30)/t10-,12+,15?/m1/s1. The van der Waals surface area contributed by atoms with Crippen molar-refractivity contribution in [3.8, 4) is 0 Å². The topological polar surface area (TPSA) is 83.0 Å². The van der Waals surface area contributed by atoms with Gasteiger partial charge in [-0.25, -0.2) is 4.98 Å². The van der Waals surface area contributed by atoms with Gasteiger partial charge in [0.15, 0.2) is 0 Å². The number of nitrogens with zero attached hydrogens (tertiary/aromatic N) is 3. The molecule has 3 atom stereocenters. The van der Waals surface area contributed by atoms with Gasteiger partial charge in [-0.2, -0.15) is 31.3 Å². The second-order valence-corrected chi connectivity index (χ2v) is 7.54. The van der Waals surface area contributed by atoms with Gasteiger partial charge in [0.25, 0.3) is 0 Å². The molecule has 0 aliphatic heterocycles. The van der Waals surface area contributed by atoms with E-state index in [4.69, 9.17) is 0 Å². The summed E-state index contributed by atoms with van der Waals surface area (Å²) in [5.41, 5.74) is -2.20. The molecule has 0 aromatic carbocycles. The maximum absolute atomic E-state index is 13.4. The molecule has 0 saturated heterocycles. The average Bonchev–Trinajstić information content (AvgIpc) is 2.68. The SMILES string of the molecule is C[C@@H]1CC[C@H](Nc2nc(NCc3cnccc3C(F)(F)F)ncc2C(F)(F)F)CC1O. The Bertz CT molecular complexity index is 904. The molecule has 12 heteroatoms. The van der Waals surface area contributed by atoms with Crippen LogP contribution in [0.1, 0.15) is 42.9 Å². The number of aliphatic hydroxyl groups is 1. The fourth-order valence-electron chi connectivity index (χ4n) is 3.43. The second kappa shape index (κ2) is 8.85. The molecule has 1 aliphatic carbocycles. The van der Waals surface area contributed by atoms with Crippen molar-refractivity contribution in [1.82, 2.24) is 15.0 Å². The highest BCUT2D eigenvalue weighted by atomic mass is 19.4. The van der Waals surface area contributed by atoms with Gasteiger partial charge >= 0.3 is 12.4 Å². The van der Waals surface area contributed by atoms with Crippen molar-refractivity contribution in [2.24, 2.45) is 5.92 Å². The number of alkyl halides is 6. The van der Waals surface area contributed by atoms with Gasteiger partial charge in [-0.3, -0.25) is 4.98 Å². The van der Waals surface area contributed by atoms with Crippen molar-refractivity contribution >= 4 is 11.8 Å². The number of aliphatic hydroxyl groups excluding tert-OH is 1. The summed E-state index contributed by atoms with van der Waals surface area (Å²) in [6, 6.07) is 0.387. The molecule has 1 saturated carbocycles. The first-order valence-corrected chi connectivity index (χ1v) is 9.58. The van der Waals surface area contributed by atoms with Gasteiger partial charge in [-0.05, 0) is 31.2 Å². The van der Waals surface area contributed by atoms with Crippen LogP contribution in [0.25, 0.3) is 0 Å². The summed E-state index contributed by atoms with van der Waals surface area (Å²) in [4.78, 5) is 11.1. The Morgan fingerprint density at radius 3 is 2.42 bits per heavy atom. The molecule has 6 nitrogen and oxygen atoms in total. The summed E-state index contributed by atoms with van der Waals surface area (Å²) in [5.74, 6) is -0.707. The summed E-state index contributed by atoms with van der Waals surface area (Å²) >= 11 is 0. The molecule has 1 unspecified atom stereocenters. The highest BCUT2D eigenvalue weighted by Crippen LogP contribution is 2.36. The zero-order valence-electron chi connectivity index (χ0n) is 16.4. The minimum Gasteiger partial charge on any atom is -0.393 e. The van der Waals surface area contributed by atoms with Crippen LogP contribution in [-0.2, 0) is 18.9 Å². The number of nitrogens with one attached hydrogen (secondary N) is 2. The van der Waals surface area contributed by atoms with E-state index in [1.54, 1.807) is 0 Å². The van der Waals surface area contributed by atoms with Gasteiger partial charge < -0.3 is 15.7 Å². The third kappa shape index (κ3) is 5.75. The monoisotopic (exact) mass is 449 g/mol. The van der Waals surface area contributed by atoms with Crippen molar-refractivity contribution in [2.45, 2.75) is 57.2 Å². The number of halogens is 6. The summed E-state index contributed by atoms with van der Waals surface area (Å²) in [7, 11) is 0. The Kier molecular flexibility index (Phi) is 6.58. The van der Waals surface area contributed by atoms with Gasteiger partial charge in [-0.15, -0.1) is 0 Å². The Morgan fingerprint density at radius 2 is 1.77 bits per heavy atom. The first-order valence-electron chi connectivity index (χ1n) is 9.58. The lowest BCUT2D eigenvalue weighted by Gasteiger charge is -2.32. The van der Waals surface area contributed by atoms with Crippen LogP contribution in [0, 0.1) is 5.92 Å². The van der Waals surface area contributed by atoms with Crippen LogP contribution in [0.5, 0.6) is 0 Å². The van der Waals surface area contributed by atoms with Gasteiger partial charge in [0.2, 0.25) is 5.95 Å². The van der Waals surface area contributed by atoms with E-state index in [0.717, 1.165) is 18.5 Å². The molecular formula is C19H21F6N5O. The lowest BCUT2D eigenvalue weighted by molar-refractivity contribution is -0.138. The first kappa shape index (κ1) is 23.0. The molecule has 0 amide bonds. The Labute approximate surface area is 174 Å². The van der Waals surface area contributed by atoms with Gasteiger partial charge in [0, 0.05) is 36.7 Å². The molecular weight excluding hydrogens is 428 g/mol. The van der Waals surface area contributed by atoms with E-state index in [9.17, 15) is 31.4 Å². The zero-order chi connectivity index (χ0) is 22.8. The third-order valence-electron chi connectivity index (χ3n) is 5.23. The van der Waals surface area contributed by atoms with Crippen molar-refractivity contribution < 1.29 is 31.4 Å². The van der Waals surface area contributed by atoms with Crippen molar-refractivity contribution in [1.29, 1.82) is 0 Å². The molecule has 2 heterocycles. The van der Waals surface area contributed by atoms with Crippen LogP contribution in [0.15, 0.2) is 24.7 Å². The Balaban J connectivity index is 1.81. The lowest BCUT2D eigenvalue weighted by atomic mass is 9.85. The van der Waals surface area contributed by atoms with E-state index in [2.05, 4.69) is 25.6 Å². The smallest absolute Gasteiger partial charge is 0.393 e. The largest absolute Gasteiger partial charge is 0.421 e. The fourth-order valence-corrected chi connectivity index (χ4v) is 3.43. The normalized spacial score (nSPS) is 22.3. The third-order valence-corrected chi connectivity index (χ3v) is 5.23. The number of hydrogen-bond acceptors (Lipinski definition) is 6. The quantitative estimate of drug-likeness (QED) is 0.584. The second-order valence-electron chi connectivity index (χ2n) is 7.54. The highest BCUT2D eigenvalue weighted by Gasteiger charge is 2.37. The van der Waals surface area contributed by atoms with Crippen LogP contribution in [0.3, 0.4) is 0 Å². The molecule has 2 aromatic heterocycles. The van der Waals surface area contributed by atoms with Crippen molar-refractivity contribution in [3.63, 3.8) is 0 Å². The van der Waals surface area contributed by atoms with E-state index in [-0.39, 0.29) is 30.4 Å². The minimum atomic E-state index is -4.73. The molecule has 3 N–H and O–H groups in total. The van der Waals surface area contributed by atoms with Crippen LogP contribution < -0.4 is 10.6 Å². The van der Waals surface area contributed by atoms with Gasteiger partial charge in [0.1, 0.15) is 11.4 Å². The molecule has 170 valence electrons. The molecule has 0 bridgehead atoms. The van der Waals surface area contributed by atoms with Gasteiger partial charge in [-0.1, -0.05) is 6.92 Å². The van der Waals surface area contributed by atoms with E-state index >= 15 is 0 Å². The zero-order valence-corrected chi connectivity index (χ0v) is 16.4. The molecule has 1 aliphatic rings. The maximum atomic E-state index is 13.4. The summed E-state index contributed by atoms with van der Waals surface area (Å²) in [6.45, 7) is 1.48. The fraction of sp³-hybridized carbons (Fsp3) is 0.526. The van der Waals surface area contributed by atoms with Crippen LogP contribution in [0.2, 0.25) is 0 Å². The Morgan fingerprint density at radius 1 is 1.06 bits per heavy atom. The first-order chi connectivity index (χ1) is 14.4. The number of aromatic nitrogens is 3. The number of anilines is 2. The maximum Gasteiger partial charge on any atom is 0.421 e. The highest BCUT2D eigenvalue weighted by molar-refractivity contribution is 5.49. The molecule has 2 aromatic rings. The molecule has 0 spiro atoms. The molecule has 31 heavy (non-hydrogen) atoms. The van der Waals surface area contributed by atoms with E-state index in [1.165, 1.54) is 0 Å². The summed E-state index contributed by atoms with van der Waals surface area (Å²) in [5, 5.41) is 15.3. The summed E-state index contributed by atoms with van der Waals surface area (Å²) < 4.78 is 79.5. The van der Waals surface area contributed by atoms with Crippen molar-refractivity contribution in [3.05, 3.63) is 41.3 Å². The van der Waals surface area contributed by atoms with Crippen LogP contribution >= 0.6 is 0 Å². The van der Waals surface area contributed by atoms with E-state index in [1.807, 2.05) is 6.92 Å². The number of hydrogen-bond donors (Lipinski definition) is 3. The van der Waals surface area contributed by atoms with E-state index < -0.39 is 41.4 Å². The van der Waals surface area contributed by atoms with Crippen LogP contribution in [0.4, 0.5) is 38.1 Å². The summed E-state index contributed by atoms with van der Waals surface area (Å²) in [6.07, 6.45) is -5.94. The predicted octanol–water partition coefficient (Wildman–Crippen LogP) is 4.48. The predicted molar refractivity (Wildman–Crippen MR) is 100 cm³/mol. The van der Waals surface area contributed by atoms with Gasteiger partial charge in [0.05, 0.1) is 11.7 Å². The average molecular weight is 449 g/mol. The Hall–Kier alpha value is -2.63. The molecule has 1 fully saturated rings. The minimum absolute atomic E-state index is 0.0464.